The van der Waals surface area contributed by atoms with Crippen molar-refractivity contribution in [1.29, 1.82) is 0 Å². The SMILES string of the molecule is O=C1CCC(c2ccc3c(c2)CN(S(=O)(=O)c2ccc(-c4ccccc4)cc2OC(F)(F)F)C3)C(=O)N1. The molecular weight excluding hydrogens is 509 g/mol. The number of imide groups is 1. The number of nitrogens with one attached hydrogen (secondary N) is 1. The molecule has 0 radical (unpaired) electrons. The van der Waals surface area contributed by atoms with Gasteiger partial charge in [0.2, 0.25) is 21.8 Å². The number of rotatable bonds is 5. The zero-order chi connectivity index (χ0) is 26.4. The minimum absolute atomic E-state index is 0.0425. The van der Waals surface area contributed by atoms with Crippen molar-refractivity contribution in [1.82, 2.24) is 9.62 Å². The van der Waals surface area contributed by atoms with E-state index in [1.54, 1.807) is 48.5 Å². The number of alkyl halides is 3. The molecule has 0 aromatic heterocycles. The van der Waals surface area contributed by atoms with E-state index in [9.17, 15) is 31.2 Å². The molecule has 1 atom stereocenters. The molecule has 1 N–H and O–H groups in total. The lowest BCUT2D eigenvalue weighted by Gasteiger charge is -2.21. The molecule has 2 amide bonds. The van der Waals surface area contributed by atoms with E-state index in [2.05, 4.69) is 10.1 Å². The molecule has 3 aromatic rings. The van der Waals surface area contributed by atoms with Gasteiger partial charge in [0, 0.05) is 19.5 Å². The Hall–Kier alpha value is -3.70. The highest BCUT2D eigenvalue weighted by Gasteiger charge is 2.38. The lowest BCUT2D eigenvalue weighted by atomic mass is 9.89. The molecule has 3 aromatic carbocycles. The molecule has 1 unspecified atom stereocenters. The fourth-order valence-corrected chi connectivity index (χ4v) is 6.15. The summed E-state index contributed by atoms with van der Waals surface area (Å²) in [6.45, 7) is -0.121. The summed E-state index contributed by atoms with van der Waals surface area (Å²) in [5.41, 5.74) is 2.95. The number of halogens is 3. The van der Waals surface area contributed by atoms with E-state index < -0.39 is 38.9 Å². The molecule has 2 aliphatic rings. The normalized spacial score (nSPS) is 18.4. The molecule has 37 heavy (non-hydrogen) atoms. The summed E-state index contributed by atoms with van der Waals surface area (Å²) >= 11 is 0. The van der Waals surface area contributed by atoms with Crippen LogP contribution in [0.3, 0.4) is 0 Å². The minimum atomic E-state index is -5.09. The maximum Gasteiger partial charge on any atom is 0.573 e. The number of sulfonamides is 1. The Bertz CT molecular complexity index is 1490. The number of nitrogens with zero attached hydrogens (tertiary/aromatic N) is 1. The van der Waals surface area contributed by atoms with Gasteiger partial charge in [-0.3, -0.25) is 14.9 Å². The van der Waals surface area contributed by atoms with Crippen LogP contribution < -0.4 is 10.1 Å². The molecule has 1 fully saturated rings. The van der Waals surface area contributed by atoms with Crippen LogP contribution in [0, 0.1) is 0 Å². The average Bonchev–Trinajstić information content (AvgIpc) is 3.28. The number of carbonyl (C=O) groups excluding carboxylic acids is 2. The summed E-state index contributed by atoms with van der Waals surface area (Å²) in [4.78, 5) is 23.1. The molecule has 11 heteroatoms. The van der Waals surface area contributed by atoms with Crippen molar-refractivity contribution < 1.29 is 35.9 Å². The van der Waals surface area contributed by atoms with Gasteiger partial charge in [0.05, 0.1) is 5.92 Å². The van der Waals surface area contributed by atoms with Gasteiger partial charge < -0.3 is 4.74 Å². The highest BCUT2D eigenvalue weighted by atomic mass is 32.2. The Morgan fingerprint density at radius 3 is 2.32 bits per heavy atom. The van der Waals surface area contributed by atoms with Crippen LogP contribution in [-0.4, -0.2) is 30.9 Å². The summed E-state index contributed by atoms with van der Waals surface area (Å²) in [7, 11) is -4.38. The van der Waals surface area contributed by atoms with Gasteiger partial charge in [-0.2, -0.15) is 4.31 Å². The highest BCUT2D eigenvalue weighted by molar-refractivity contribution is 7.89. The first-order chi connectivity index (χ1) is 17.5. The maximum atomic E-state index is 13.5. The average molecular weight is 531 g/mol. The third kappa shape index (κ3) is 5.09. The van der Waals surface area contributed by atoms with Gasteiger partial charge in [0.15, 0.2) is 0 Å². The second-order valence-electron chi connectivity index (χ2n) is 8.88. The Balaban J connectivity index is 1.45. The first-order valence-electron chi connectivity index (χ1n) is 11.4. The number of benzene rings is 3. The summed E-state index contributed by atoms with van der Waals surface area (Å²) in [5.74, 6) is -2.10. The van der Waals surface area contributed by atoms with Gasteiger partial charge in [0.25, 0.3) is 0 Å². The Kier molecular flexibility index (Phi) is 6.28. The quantitative estimate of drug-likeness (QED) is 0.492. The predicted molar refractivity (Wildman–Crippen MR) is 127 cm³/mol. The predicted octanol–water partition coefficient (Wildman–Crippen LogP) is 4.48. The topological polar surface area (TPSA) is 92.8 Å². The number of carbonyl (C=O) groups is 2. The minimum Gasteiger partial charge on any atom is -0.404 e. The van der Waals surface area contributed by atoms with Crippen LogP contribution in [0.15, 0.2) is 71.6 Å². The first-order valence-corrected chi connectivity index (χ1v) is 12.9. The number of hydrogen-bond donors (Lipinski definition) is 1. The van der Waals surface area contributed by atoms with Crippen LogP contribution in [0.5, 0.6) is 5.75 Å². The summed E-state index contributed by atoms with van der Waals surface area (Å²) < 4.78 is 71.9. The number of hydrogen-bond acceptors (Lipinski definition) is 5. The second kappa shape index (κ2) is 9.31. The zero-order valence-corrected chi connectivity index (χ0v) is 20.1. The van der Waals surface area contributed by atoms with Crippen molar-refractivity contribution in [2.24, 2.45) is 0 Å². The molecule has 0 spiro atoms. The molecular formula is C26H21F3N2O5S. The van der Waals surface area contributed by atoms with E-state index in [0.29, 0.717) is 34.2 Å². The molecule has 0 saturated carbocycles. The number of ether oxygens (including phenoxy) is 1. The lowest BCUT2D eigenvalue weighted by Crippen LogP contribution is -2.39. The van der Waals surface area contributed by atoms with E-state index in [0.717, 1.165) is 16.4 Å². The zero-order valence-electron chi connectivity index (χ0n) is 19.3. The van der Waals surface area contributed by atoms with E-state index in [1.165, 1.54) is 6.07 Å². The van der Waals surface area contributed by atoms with Crippen LogP contribution in [0.1, 0.15) is 35.4 Å². The van der Waals surface area contributed by atoms with Gasteiger partial charge in [-0.25, -0.2) is 8.42 Å². The van der Waals surface area contributed by atoms with Crippen LogP contribution in [-0.2, 0) is 32.7 Å². The largest absolute Gasteiger partial charge is 0.573 e. The van der Waals surface area contributed by atoms with E-state index in [-0.39, 0.29) is 25.4 Å². The van der Waals surface area contributed by atoms with Gasteiger partial charge in [-0.1, -0.05) is 54.6 Å². The van der Waals surface area contributed by atoms with Crippen molar-refractivity contribution in [2.75, 3.05) is 0 Å². The van der Waals surface area contributed by atoms with E-state index >= 15 is 0 Å². The third-order valence-electron chi connectivity index (χ3n) is 6.46. The smallest absolute Gasteiger partial charge is 0.404 e. The van der Waals surface area contributed by atoms with Gasteiger partial charge >= 0.3 is 6.36 Å². The van der Waals surface area contributed by atoms with Crippen molar-refractivity contribution in [3.05, 3.63) is 83.4 Å². The Labute approximate surface area is 210 Å². The van der Waals surface area contributed by atoms with Crippen molar-refractivity contribution in [3.8, 4) is 16.9 Å². The lowest BCUT2D eigenvalue weighted by molar-refractivity contribution is -0.275. The molecule has 0 aliphatic carbocycles. The van der Waals surface area contributed by atoms with E-state index in [1.807, 2.05) is 0 Å². The van der Waals surface area contributed by atoms with Crippen LogP contribution >= 0.6 is 0 Å². The Morgan fingerprint density at radius 1 is 0.892 bits per heavy atom. The molecule has 5 rings (SSSR count). The molecule has 7 nitrogen and oxygen atoms in total. The van der Waals surface area contributed by atoms with Crippen LogP contribution in [0.2, 0.25) is 0 Å². The highest BCUT2D eigenvalue weighted by Crippen LogP contribution is 2.38. The van der Waals surface area contributed by atoms with Gasteiger partial charge in [-0.05, 0) is 46.4 Å². The maximum absolute atomic E-state index is 13.5. The number of amides is 2. The summed E-state index contributed by atoms with van der Waals surface area (Å²) in [6, 6.07) is 17.3. The van der Waals surface area contributed by atoms with E-state index in [4.69, 9.17) is 0 Å². The van der Waals surface area contributed by atoms with Crippen LogP contribution in [0.4, 0.5) is 13.2 Å². The monoisotopic (exact) mass is 530 g/mol. The van der Waals surface area contributed by atoms with Crippen molar-refractivity contribution in [3.63, 3.8) is 0 Å². The molecule has 2 aliphatic heterocycles. The number of fused-ring (bicyclic) bond motifs is 1. The summed E-state index contributed by atoms with van der Waals surface area (Å²) in [5, 5.41) is 2.30. The summed E-state index contributed by atoms with van der Waals surface area (Å²) in [6.07, 6.45) is -4.54. The molecule has 1 saturated heterocycles. The molecule has 2 heterocycles. The van der Waals surface area contributed by atoms with Crippen molar-refractivity contribution >= 4 is 21.8 Å². The van der Waals surface area contributed by atoms with Gasteiger partial charge in [0.1, 0.15) is 10.6 Å². The van der Waals surface area contributed by atoms with Gasteiger partial charge in [-0.15, -0.1) is 13.2 Å². The molecule has 0 bridgehead atoms. The third-order valence-corrected chi connectivity index (χ3v) is 8.29. The second-order valence-corrected chi connectivity index (χ2v) is 10.8. The Morgan fingerprint density at radius 2 is 1.62 bits per heavy atom. The fourth-order valence-electron chi connectivity index (χ4n) is 4.66. The molecule has 192 valence electrons. The van der Waals surface area contributed by atoms with Crippen molar-refractivity contribution in [2.45, 2.75) is 43.1 Å². The number of piperidine rings is 1. The van der Waals surface area contributed by atoms with Crippen LogP contribution in [0.25, 0.3) is 11.1 Å². The first kappa shape index (κ1) is 25.0. The standard InChI is InChI=1S/C26H21F3N2O5S/c27-26(28,29)36-22-13-17(16-4-2-1-3-5-16)8-10-23(22)37(34,35)31-14-19-7-6-18(12-20(19)15-31)21-9-11-24(32)30-25(21)33/h1-8,10,12-13,21H,9,11,14-15H2,(H,30,32,33). The fraction of sp³-hybridized carbons (Fsp3) is 0.231.